The number of carbonyl (C=O) groups excluding carboxylic acids is 1. The van der Waals surface area contributed by atoms with Gasteiger partial charge in [0.25, 0.3) is 0 Å². The minimum Gasteiger partial charge on any atom is -0.508 e. The van der Waals surface area contributed by atoms with Gasteiger partial charge in [-0.05, 0) is 46.4 Å². The molecule has 23 heavy (non-hydrogen) atoms. The number of aromatic hydroxyl groups is 1. The fourth-order valence-corrected chi connectivity index (χ4v) is 3.10. The lowest BCUT2D eigenvalue weighted by Gasteiger charge is -2.10. The first kappa shape index (κ1) is 15.7. The molecule has 0 fully saturated rings. The van der Waals surface area contributed by atoms with Gasteiger partial charge in [0.15, 0.2) is 11.5 Å². The van der Waals surface area contributed by atoms with Crippen molar-refractivity contribution >= 4 is 34.5 Å². The smallest absolute Gasteiger partial charge is 0.235 e. The molecule has 0 amide bonds. The summed E-state index contributed by atoms with van der Waals surface area (Å²) in [5.74, 6) is 1.44. The van der Waals surface area contributed by atoms with Crippen LogP contribution in [0, 0.1) is 3.57 Å². The Bertz CT molecular complexity index is 826. The van der Waals surface area contributed by atoms with Gasteiger partial charge >= 0.3 is 0 Å². The van der Waals surface area contributed by atoms with Gasteiger partial charge in [-0.3, -0.25) is 4.79 Å². The van der Waals surface area contributed by atoms with Crippen molar-refractivity contribution in [3.63, 3.8) is 0 Å². The van der Waals surface area contributed by atoms with E-state index in [9.17, 15) is 9.90 Å². The standard InChI is InChI=1S/C17H13IO5/c1-21-11-8-12(22-2)15(18)17-14(11)16(20)13(23-17)7-9-4-3-5-10(19)6-9/h3-8,19H,1-2H3. The number of phenolic OH excluding ortho intramolecular Hbond substituents is 1. The Morgan fingerprint density at radius 3 is 2.57 bits per heavy atom. The first-order chi connectivity index (χ1) is 11.0. The highest BCUT2D eigenvalue weighted by atomic mass is 127. The third-order valence-electron chi connectivity index (χ3n) is 3.42. The Kier molecular flexibility index (Phi) is 4.16. The molecule has 3 rings (SSSR count). The summed E-state index contributed by atoms with van der Waals surface area (Å²) in [5, 5.41) is 9.53. The number of hydrogen-bond acceptors (Lipinski definition) is 5. The maximum atomic E-state index is 12.6. The maximum absolute atomic E-state index is 12.6. The molecule has 0 spiro atoms. The zero-order chi connectivity index (χ0) is 16.6. The Balaban J connectivity index is 2.10. The lowest BCUT2D eigenvalue weighted by atomic mass is 10.1. The molecule has 2 aromatic carbocycles. The number of ether oxygens (including phenoxy) is 3. The van der Waals surface area contributed by atoms with E-state index < -0.39 is 0 Å². The number of rotatable bonds is 3. The van der Waals surface area contributed by atoms with Crippen molar-refractivity contribution in [1.29, 1.82) is 0 Å². The van der Waals surface area contributed by atoms with E-state index in [0.29, 0.717) is 31.9 Å². The second kappa shape index (κ2) is 6.11. The highest BCUT2D eigenvalue weighted by molar-refractivity contribution is 14.1. The van der Waals surface area contributed by atoms with E-state index in [-0.39, 0.29) is 17.3 Å². The van der Waals surface area contributed by atoms with Crippen LogP contribution in [0.4, 0.5) is 0 Å². The van der Waals surface area contributed by atoms with Gasteiger partial charge in [0.05, 0.1) is 17.8 Å². The Labute approximate surface area is 146 Å². The van der Waals surface area contributed by atoms with E-state index in [1.54, 1.807) is 43.5 Å². The fraction of sp³-hybridized carbons (Fsp3) is 0.118. The van der Waals surface area contributed by atoms with Gasteiger partial charge in [-0.15, -0.1) is 0 Å². The number of phenols is 1. The number of allylic oxidation sites excluding steroid dienone is 1. The van der Waals surface area contributed by atoms with E-state index >= 15 is 0 Å². The van der Waals surface area contributed by atoms with Crippen molar-refractivity contribution in [2.45, 2.75) is 0 Å². The van der Waals surface area contributed by atoms with Gasteiger partial charge in [-0.1, -0.05) is 12.1 Å². The minimum atomic E-state index is -0.263. The molecular formula is C17H13IO5. The summed E-state index contributed by atoms with van der Waals surface area (Å²) in [6.45, 7) is 0. The lowest BCUT2D eigenvalue weighted by molar-refractivity contribution is 0.101. The molecule has 0 aromatic heterocycles. The second-order valence-corrected chi connectivity index (χ2v) is 5.91. The predicted octanol–water partition coefficient (Wildman–Crippen LogP) is 3.63. The van der Waals surface area contributed by atoms with Gasteiger partial charge in [-0.2, -0.15) is 0 Å². The largest absolute Gasteiger partial charge is 0.508 e. The number of hydrogen-bond donors (Lipinski definition) is 1. The number of ketones is 1. The summed E-state index contributed by atoms with van der Waals surface area (Å²) in [7, 11) is 3.04. The molecule has 6 heteroatoms. The summed E-state index contributed by atoms with van der Waals surface area (Å²) in [5.41, 5.74) is 1.05. The van der Waals surface area contributed by atoms with Crippen molar-refractivity contribution in [2.24, 2.45) is 0 Å². The van der Waals surface area contributed by atoms with E-state index in [4.69, 9.17) is 14.2 Å². The molecule has 0 aliphatic carbocycles. The third-order valence-corrected chi connectivity index (χ3v) is 4.44. The van der Waals surface area contributed by atoms with E-state index in [0.717, 1.165) is 0 Å². The highest BCUT2D eigenvalue weighted by Gasteiger charge is 2.34. The van der Waals surface area contributed by atoms with Crippen molar-refractivity contribution in [3.8, 4) is 23.0 Å². The topological polar surface area (TPSA) is 65.0 Å². The quantitative estimate of drug-likeness (QED) is 0.603. The molecule has 2 aromatic rings. The van der Waals surface area contributed by atoms with Crippen LogP contribution in [0.3, 0.4) is 0 Å². The van der Waals surface area contributed by atoms with Gasteiger partial charge < -0.3 is 19.3 Å². The molecule has 5 nitrogen and oxygen atoms in total. The van der Waals surface area contributed by atoms with Crippen molar-refractivity contribution in [1.82, 2.24) is 0 Å². The van der Waals surface area contributed by atoms with Crippen LogP contribution >= 0.6 is 22.6 Å². The van der Waals surface area contributed by atoms with E-state index in [1.165, 1.54) is 7.11 Å². The Morgan fingerprint density at radius 1 is 1.17 bits per heavy atom. The zero-order valence-electron chi connectivity index (χ0n) is 12.4. The number of benzene rings is 2. The molecule has 0 saturated heterocycles. The average molecular weight is 424 g/mol. The van der Waals surface area contributed by atoms with Gasteiger partial charge in [0.1, 0.15) is 22.8 Å². The van der Waals surface area contributed by atoms with Gasteiger partial charge in [0.2, 0.25) is 5.78 Å². The van der Waals surface area contributed by atoms with Crippen LogP contribution in [-0.2, 0) is 0 Å². The molecule has 118 valence electrons. The van der Waals surface area contributed by atoms with Gasteiger partial charge in [0, 0.05) is 6.07 Å². The zero-order valence-corrected chi connectivity index (χ0v) is 14.6. The van der Waals surface area contributed by atoms with Crippen molar-refractivity contribution < 1.29 is 24.1 Å². The molecule has 1 aliphatic rings. The predicted molar refractivity (Wildman–Crippen MR) is 93.3 cm³/mol. The summed E-state index contributed by atoms with van der Waals surface area (Å²) in [6.07, 6.45) is 1.59. The van der Waals surface area contributed by atoms with Crippen LogP contribution < -0.4 is 14.2 Å². The Hall–Kier alpha value is -2.22. The summed E-state index contributed by atoms with van der Waals surface area (Å²) >= 11 is 2.07. The molecule has 1 heterocycles. The average Bonchev–Trinajstić information content (AvgIpc) is 2.86. The molecule has 1 aliphatic heterocycles. The number of methoxy groups -OCH3 is 2. The third kappa shape index (κ3) is 2.74. The Morgan fingerprint density at radius 2 is 1.91 bits per heavy atom. The van der Waals surface area contributed by atoms with Gasteiger partial charge in [-0.25, -0.2) is 0 Å². The number of Topliss-reactive ketones (excluding diaryl/α,β-unsaturated/α-hetero) is 1. The highest BCUT2D eigenvalue weighted by Crippen LogP contribution is 2.45. The SMILES string of the molecule is COc1cc(OC)c2c(c1I)OC(=Cc1cccc(O)c1)C2=O. The first-order valence-corrected chi connectivity index (χ1v) is 7.80. The molecule has 0 bridgehead atoms. The van der Waals surface area contributed by atoms with Crippen molar-refractivity contribution in [2.75, 3.05) is 14.2 Å². The minimum absolute atomic E-state index is 0.121. The first-order valence-electron chi connectivity index (χ1n) is 6.73. The van der Waals surface area contributed by atoms with Crippen LogP contribution in [-0.4, -0.2) is 25.1 Å². The molecule has 0 atom stereocenters. The number of halogens is 1. The van der Waals surface area contributed by atoms with Crippen LogP contribution in [0.25, 0.3) is 6.08 Å². The summed E-state index contributed by atoms with van der Waals surface area (Å²) in [4.78, 5) is 12.6. The second-order valence-electron chi connectivity index (χ2n) is 4.83. The number of carbonyl (C=O) groups is 1. The molecule has 1 N–H and O–H groups in total. The molecule has 0 unspecified atom stereocenters. The molecule has 0 saturated carbocycles. The molecular weight excluding hydrogens is 411 g/mol. The van der Waals surface area contributed by atoms with Crippen molar-refractivity contribution in [3.05, 3.63) is 50.8 Å². The lowest BCUT2D eigenvalue weighted by Crippen LogP contribution is -2.00. The van der Waals surface area contributed by atoms with E-state index in [1.807, 2.05) is 0 Å². The monoisotopic (exact) mass is 424 g/mol. The summed E-state index contributed by atoms with van der Waals surface area (Å²) < 4.78 is 17.0. The maximum Gasteiger partial charge on any atom is 0.235 e. The van der Waals surface area contributed by atoms with Crippen LogP contribution in [0.5, 0.6) is 23.0 Å². The van der Waals surface area contributed by atoms with Crippen LogP contribution in [0.1, 0.15) is 15.9 Å². The van der Waals surface area contributed by atoms with Crippen LogP contribution in [0.2, 0.25) is 0 Å². The normalized spacial score (nSPS) is 14.6. The van der Waals surface area contributed by atoms with Crippen LogP contribution in [0.15, 0.2) is 36.1 Å². The molecule has 0 radical (unpaired) electrons. The van der Waals surface area contributed by atoms with E-state index in [2.05, 4.69) is 22.6 Å². The number of fused-ring (bicyclic) bond motifs is 1. The fourth-order valence-electron chi connectivity index (χ4n) is 2.35. The summed E-state index contributed by atoms with van der Waals surface area (Å²) in [6, 6.07) is 8.25.